The van der Waals surface area contributed by atoms with Crippen molar-refractivity contribution in [3.63, 3.8) is 0 Å². The van der Waals surface area contributed by atoms with Crippen molar-refractivity contribution in [3.8, 4) is 5.75 Å². The summed E-state index contributed by atoms with van der Waals surface area (Å²) in [6, 6.07) is 8.76. The Hall–Kier alpha value is -2.27. The van der Waals surface area contributed by atoms with Crippen LogP contribution in [0.4, 0.5) is 0 Å². The van der Waals surface area contributed by atoms with Crippen molar-refractivity contribution in [2.45, 2.75) is 38.8 Å². The van der Waals surface area contributed by atoms with Crippen LogP contribution in [0.5, 0.6) is 5.75 Å². The van der Waals surface area contributed by atoms with Gasteiger partial charge in [0.15, 0.2) is 0 Å². The monoisotopic (exact) mass is 360 g/mol. The first kappa shape index (κ1) is 17.5. The number of hydrogen-bond donors (Lipinski definition) is 1. The number of pyridine rings is 1. The zero-order chi connectivity index (χ0) is 17.8. The molecule has 0 radical (unpaired) electrons. The highest BCUT2D eigenvalue weighted by Crippen LogP contribution is 2.24. The average molecular weight is 361 g/mol. The van der Waals surface area contributed by atoms with E-state index in [0.717, 1.165) is 30.5 Å². The second-order valence-corrected chi connectivity index (χ2v) is 6.58. The Morgan fingerprint density at radius 1 is 1.28 bits per heavy atom. The Balaban J connectivity index is 1.92. The fourth-order valence-corrected chi connectivity index (χ4v) is 3.45. The van der Waals surface area contributed by atoms with Crippen LogP contribution in [0.25, 0.3) is 0 Å². The zero-order valence-corrected chi connectivity index (χ0v) is 14.9. The lowest BCUT2D eigenvalue weighted by molar-refractivity contribution is 0.0945. The number of carbonyl (C=O) groups is 1. The summed E-state index contributed by atoms with van der Waals surface area (Å²) in [6.45, 7) is 1.01. The van der Waals surface area contributed by atoms with Gasteiger partial charge < -0.3 is 14.6 Å². The molecule has 0 saturated carbocycles. The Morgan fingerprint density at radius 3 is 2.88 bits per heavy atom. The first-order valence-electron chi connectivity index (χ1n) is 8.43. The van der Waals surface area contributed by atoms with Gasteiger partial charge in [-0.3, -0.25) is 9.59 Å². The normalized spacial score (nSPS) is 13.7. The standard InChI is InChI=1S/C19H21ClN2O3/c1-25-16-11-17(23)22-9-4-2-3-8-15(22)18(16)19(24)21-12-13-6-5-7-14(20)10-13/h5-7,10-11H,2-4,8-9,12H2,1H3,(H,21,24). The molecule has 0 atom stereocenters. The minimum Gasteiger partial charge on any atom is -0.496 e. The quantitative estimate of drug-likeness (QED) is 0.911. The third kappa shape index (κ3) is 3.87. The van der Waals surface area contributed by atoms with E-state index in [4.69, 9.17) is 16.3 Å². The lowest BCUT2D eigenvalue weighted by Gasteiger charge is -2.17. The summed E-state index contributed by atoms with van der Waals surface area (Å²) in [6.07, 6.45) is 3.66. The number of carbonyl (C=O) groups excluding carboxylic acids is 1. The Morgan fingerprint density at radius 2 is 2.12 bits per heavy atom. The van der Waals surface area contributed by atoms with E-state index in [1.807, 2.05) is 18.2 Å². The SMILES string of the molecule is COc1cc(=O)n2c(c1C(=O)NCc1cccc(Cl)c1)CCCCC2. The van der Waals surface area contributed by atoms with Crippen molar-refractivity contribution in [3.05, 3.63) is 62.5 Å². The highest BCUT2D eigenvalue weighted by Gasteiger charge is 2.23. The van der Waals surface area contributed by atoms with Gasteiger partial charge in [0.25, 0.3) is 11.5 Å². The molecule has 1 aromatic heterocycles. The molecular weight excluding hydrogens is 340 g/mol. The molecule has 3 rings (SSSR count). The molecular formula is C19H21ClN2O3. The third-order valence-corrected chi connectivity index (χ3v) is 4.70. The van der Waals surface area contributed by atoms with Crippen molar-refractivity contribution in [1.29, 1.82) is 0 Å². The fraction of sp³-hybridized carbons (Fsp3) is 0.368. The van der Waals surface area contributed by atoms with Gasteiger partial charge in [-0.15, -0.1) is 0 Å². The first-order valence-corrected chi connectivity index (χ1v) is 8.81. The van der Waals surface area contributed by atoms with E-state index in [9.17, 15) is 9.59 Å². The van der Waals surface area contributed by atoms with Crippen LogP contribution in [0.15, 0.2) is 35.1 Å². The topological polar surface area (TPSA) is 60.3 Å². The molecule has 5 nitrogen and oxygen atoms in total. The molecule has 1 aliphatic rings. The molecule has 2 heterocycles. The van der Waals surface area contributed by atoms with Crippen LogP contribution < -0.4 is 15.6 Å². The average Bonchev–Trinajstić information content (AvgIpc) is 2.86. The van der Waals surface area contributed by atoms with Crippen LogP contribution in [-0.2, 0) is 19.5 Å². The van der Waals surface area contributed by atoms with E-state index in [2.05, 4.69) is 5.32 Å². The number of aromatic nitrogens is 1. The van der Waals surface area contributed by atoms with Crippen molar-refractivity contribution in [1.82, 2.24) is 9.88 Å². The lowest BCUT2D eigenvalue weighted by Crippen LogP contribution is -2.30. The number of halogens is 1. The fourth-order valence-electron chi connectivity index (χ4n) is 3.24. The maximum absolute atomic E-state index is 12.8. The van der Waals surface area contributed by atoms with E-state index in [-0.39, 0.29) is 11.5 Å². The summed E-state index contributed by atoms with van der Waals surface area (Å²) in [5, 5.41) is 3.54. The van der Waals surface area contributed by atoms with Crippen LogP contribution in [0.1, 0.15) is 40.9 Å². The molecule has 2 aromatic rings. The maximum atomic E-state index is 12.8. The van der Waals surface area contributed by atoms with Crippen molar-refractivity contribution < 1.29 is 9.53 Å². The highest BCUT2D eigenvalue weighted by atomic mass is 35.5. The zero-order valence-electron chi connectivity index (χ0n) is 14.2. The molecule has 0 fully saturated rings. The number of benzene rings is 1. The number of ether oxygens (including phenoxy) is 1. The van der Waals surface area contributed by atoms with E-state index in [1.165, 1.54) is 13.2 Å². The van der Waals surface area contributed by atoms with E-state index < -0.39 is 0 Å². The second kappa shape index (κ2) is 7.74. The predicted molar refractivity (Wildman–Crippen MR) is 97.4 cm³/mol. The number of fused-ring (bicyclic) bond motifs is 1. The maximum Gasteiger partial charge on any atom is 0.257 e. The Kier molecular flexibility index (Phi) is 5.43. The molecule has 0 bridgehead atoms. The molecule has 1 amide bonds. The van der Waals surface area contributed by atoms with Gasteiger partial charge in [0, 0.05) is 29.9 Å². The second-order valence-electron chi connectivity index (χ2n) is 6.15. The minimum atomic E-state index is -0.234. The molecule has 1 N–H and O–H groups in total. The van der Waals surface area contributed by atoms with Crippen molar-refractivity contribution in [2.24, 2.45) is 0 Å². The number of rotatable bonds is 4. The van der Waals surface area contributed by atoms with Crippen molar-refractivity contribution >= 4 is 17.5 Å². The Labute approximate surface area is 151 Å². The minimum absolute atomic E-state index is 0.111. The Bertz CT molecular complexity index is 845. The lowest BCUT2D eigenvalue weighted by atomic mass is 10.1. The van der Waals surface area contributed by atoms with E-state index in [1.54, 1.807) is 10.6 Å². The molecule has 6 heteroatoms. The highest BCUT2D eigenvalue weighted by molar-refractivity contribution is 6.30. The van der Waals surface area contributed by atoms with Crippen LogP contribution in [0.3, 0.4) is 0 Å². The molecule has 1 aromatic carbocycles. The van der Waals surface area contributed by atoms with Crippen LogP contribution in [0, 0.1) is 0 Å². The number of nitrogens with one attached hydrogen (secondary N) is 1. The smallest absolute Gasteiger partial charge is 0.257 e. The van der Waals surface area contributed by atoms with Gasteiger partial charge in [0.05, 0.1) is 7.11 Å². The van der Waals surface area contributed by atoms with Crippen molar-refractivity contribution in [2.75, 3.05) is 7.11 Å². The molecule has 0 aliphatic carbocycles. The number of methoxy groups -OCH3 is 1. The first-order chi connectivity index (χ1) is 12.1. The van der Waals surface area contributed by atoms with Crippen LogP contribution in [0.2, 0.25) is 5.02 Å². The van der Waals surface area contributed by atoms with Gasteiger partial charge in [-0.05, 0) is 37.0 Å². The number of amides is 1. The third-order valence-electron chi connectivity index (χ3n) is 4.47. The van der Waals surface area contributed by atoms with Gasteiger partial charge in [-0.1, -0.05) is 30.2 Å². The molecule has 1 aliphatic heterocycles. The molecule has 0 saturated heterocycles. The summed E-state index contributed by atoms with van der Waals surface area (Å²) in [4.78, 5) is 25.2. The summed E-state index contributed by atoms with van der Waals surface area (Å²) in [5.41, 5.74) is 2.04. The van der Waals surface area contributed by atoms with Gasteiger partial charge in [0.1, 0.15) is 11.3 Å². The van der Waals surface area contributed by atoms with Gasteiger partial charge in [-0.25, -0.2) is 0 Å². The number of hydrogen-bond acceptors (Lipinski definition) is 3. The summed E-state index contributed by atoms with van der Waals surface area (Å²) < 4.78 is 7.04. The van der Waals surface area contributed by atoms with Crippen LogP contribution >= 0.6 is 11.6 Å². The molecule has 0 unspecified atom stereocenters. The van der Waals surface area contributed by atoms with E-state index in [0.29, 0.717) is 35.8 Å². The van der Waals surface area contributed by atoms with Crippen LogP contribution in [-0.4, -0.2) is 17.6 Å². The molecule has 25 heavy (non-hydrogen) atoms. The summed E-state index contributed by atoms with van der Waals surface area (Å²) >= 11 is 5.98. The van der Waals surface area contributed by atoms with E-state index >= 15 is 0 Å². The molecule has 0 spiro atoms. The summed E-state index contributed by atoms with van der Waals surface area (Å²) in [7, 11) is 1.48. The largest absolute Gasteiger partial charge is 0.496 e. The van der Waals surface area contributed by atoms with Gasteiger partial charge >= 0.3 is 0 Å². The van der Waals surface area contributed by atoms with Gasteiger partial charge in [-0.2, -0.15) is 0 Å². The number of nitrogens with zero attached hydrogens (tertiary/aromatic N) is 1. The molecule has 132 valence electrons. The summed E-state index contributed by atoms with van der Waals surface area (Å²) in [5.74, 6) is 0.101. The van der Waals surface area contributed by atoms with Gasteiger partial charge in [0.2, 0.25) is 0 Å². The predicted octanol–water partition coefficient (Wildman–Crippen LogP) is 3.17.